The van der Waals surface area contributed by atoms with Crippen molar-refractivity contribution >= 4 is 0 Å². The van der Waals surface area contributed by atoms with Gasteiger partial charge in [-0.15, -0.1) is 0 Å². The molecule has 0 spiro atoms. The van der Waals surface area contributed by atoms with E-state index in [1.165, 1.54) is 22.6 Å². The zero-order valence-electron chi connectivity index (χ0n) is 12.6. The van der Waals surface area contributed by atoms with Crippen molar-refractivity contribution in [3.63, 3.8) is 0 Å². The van der Waals surface area contributed by atoms with Crippen molar-refractivity contribution in [2.45, 2.75) is 52.1 Å². The van der Waals surface area contributed by atoms with Crippen LogP contribution < -0.4 is 0 Å². The SMILES string of the molecule is Cc1cc2c(n1-c1ccc(C(C)C)cc1)CCCC2O. The first-order valence-electron chi connectivity index (χ1n) is 7.57. The monoisotopic (exact) mass is 269 g/mol. The summed E-state index contributed by atoms with van der Waals surface area (Å²) in [5.41, 5.74) is 6.21. The minimum atomic E-state index is -0.284. The number of rotatable bonds is 2. The van der Waals surface area contributed by atoms with Gasteiger partial charge in [-0.3, -0.25) is 0 Å². The van der Waals surface area contributed by atoms with Crippen molar-refractivity contribution in [1.29, 1.82) is 0 Å². The minimum Gasteiger partial charge on any atom is -0.388 e. The van der Waals surface area contributed by atoms with Crippen LogP contribution in [0, 0.1) is 6.92 Å². The maximum Gasteiger partial charge on any atom is 0.0807 e. The maximum absolute atomic E-state index is 10.1. The van der Waals surface area contributed by atoms with Gasteiger partial charge in [0.05, 0.1) is 6.10 Å². The highest BCUT2D eigenvalue weighted by Crippen LogP contribution is 2.34. The fraction of sp³-hybridized carbons (Fsp3) is 0.444. The third-order valence-electron chi connectivity index (χ3n) is 4.39. The third kappa shape index (κ3) is 2.18. The van der Waals surface area contributed by atoms with Gasteiger partial charge in [-0.25, -0.2) is 0 Å². The zero-order chi connectivity index (χ0) is 14.3. The molecule has 0 saturated carbocycles. The molecule has 1 unspecified atom stereocenters. The number of benzene rings is 1. The highest BCUT2D eigenvalue weighted by Gasteiger charge is 2.23. The summed E-state index contributed by atoms with van der Waals surface area (Å²) in [5.74, 6) is 0.561. The van der Waals surface area contributed by atoms with Gasteiger partial charge in [0, 0.05) is 22.6 Å². The molecular weight excluding hydrogens is 246 g/mol. The number of aliphatic hydroxyl groups is 1. The molecule has 0 bridgehead atoms. The highest BCUT2D eigenvalue weighted by atomic mass is 16.3. The molecule has 0 fully saturated rings. The lowest BCUT2D eigenvalue weighted by atomic mass is 9.95. The molecular formula is C18H23NO. The van der Waals surface area contributed by atoms with Gasteiger partial charge in [0.25, 0.3) is 0 Å². The Kier molecular flexibility index (Phi) is 3.43. The largest absolute Gasteiger partial charge is 0.388 e. The Bertz CT molecular complexity index is 607. The van der Waals surface area contributed by atoms with Gasteiger partial charge in [0.2, 0.25) is 0 Å². The quantitative estimate of drug-likeness (QED) is 0.865. The summed E-state index contributed by atoms with van der Waals surface area (Å²) in [6.45, 7) is 6.56. The molecule has 1 heterocycles. The lowest BCUT2D eigenvalue weighted by molar-refractivity contribution is 0.156. The number of aryl methyl sites for hydroxylation is 1. The first-order valence-corrected chi connectivity index (χ1v) is 7.57. The molecule has 0 amide bonds. The van der Waals surface area contributed by atoms with Crippen LogP contribution in [0.25, 0.3) is 5.69 Å². The van der Waals surface area contributed by atoms with Gasteiger partial charge in [-0.05, 0) is 55.9 Å². The molecule has 3 rings (SSSR count). The molecule has 2 heteroatoms. The molecule has 20 heavy (non-hydrogen) atoms. The van der Waals surface area contributed by atoms with E-state index in [-0.39, 0.29) is 6.10 Å². The normalized spacial score (nSPS) is 18.4. The van der Waals surface area contributed by atoms with Gasteiger partial charge >= 0.3 is 0 Å². The Morgan fingerprint density at radius 2 is 1.90 bits per heavy atom. The topological polar surface area (TPSA) is 25.2 Å². The van der Waals surface area contributed by atoms with Crippen molar-refractivity contribution in [2.75, 3.05) is 0 Å². The van der Waals surface area contributed by atoms with Crippen LogP contribution in [0.5, 0.6) is 0 Å². The number of hydrogen-bond donors (Lipinski definition) is 1. The van der Waals surface area contributed by atoms with Crippen LogP contribution in [0.15, 0.2) is 30.3 Å². The fourth-order valence-corrected chi connectivity index (χ4v) is 3.25. The molecule has 106 valence electrons. The first kappa shape index (κ1) is 13.4. The number of aromatic nitrogens is 1. The van der Waals surface area contributed by atoms with Gasteiger partial charge in [0.1, 0.15) is 0 Å². The van der Waals surface area contributed by atoms with Crippen LogP contribution in [0.1, 0.15) is 61.2 Å². The van der Waals surface area contributed by atoms with E-state index in [1.807, 2.05) is 0 Å². The predicted molar refractivity (Wildman–Crippen MR) is 82.5 cm³/mol. The minimum absolute atomic E-state index is 0.284. The lowest BCUT2D eigenvalue weighted by Crippen LogP contribution is -2.11. The summed E-state index contributed by atoms with van der Waals surface area (Å²) in [7, 11) is 0. The first-order chi connectivity index (χ1) is 9.58. The second kappa shape index (κ2) is 5.10. The van der Waals surface area contributed by atoms with Crippen LogP contribution in [0.2, 0.25) is 0 Å². The fourth-order valence-electron chi connectivity index (χ4n) is 3.25. The molecule has 0 saturated heterocycles. The summed E-state index contributed by atoms with van der Waals surface area (Å²) < 4.78 is 2.31. The van der Waals surface area contributed by atoms with Crippen LogP contribution >= 0.6 is 0 Å². The van der Waals surface area contributed by atoms with E-state index in [2.05, 4.69) is 55.7 Å². The van der Waals surface area contributed by atoms with E-state index in [0.29, 0.717) is 5.92 Å². The van der Waals surface area contributed by atoms with Crippen LogP contribution in [0.3, 0.4) is 0 Å². The Balaban J connectivity index is 2.06. The summed E-state index contributed by atoms with van der Waals surface area (Å²) in [4.78, 5) is 0. The Morgan fingerprint density at radius 3 is 2.55 bits per heavy atom. The summed E-state index contributed by atoms with van der Waals surface area (Å²) >= 11 is 0. The van der Waals surface area contributed by atoms with E-state index in [0.717, 1.165) is 24.8 Å². The van der Waals surface area contributed by atoms with E-state index < -0.39 is 0 Å². The lowest BCUT2D eigenvalue weighted by Gasteiger charge is -2.20. The van der Waals surface area contributed by atoms with E-state index in [1.54, 1.807) is 0 Å². The Labute approximate surface area is 121 Å². The highest BCUT2D eigenvalue weighted by molar-refractivity contribution is 5.44. The number of fused-ring (bicyclic) bond motifs is 1. The van der Waals surface area contributed by atoms with E-state index in [4.69, 9.17) is 0 Å². The third-order valence-corrected chi connectivity index (χ3v) is 4.39. The van der Waals surface area contributed by atoms with E-state index >= 15 is 0 Å². The van der Waals surface area contributed by atoms with Gasteiger partial charge in [0.15, 0.2) is 0 Å². The average Bonchev–Trinajstić information content (AvgIpc) is 2.77. The second-order valence-corrected chi connectivity index (χ2v) is 6.18. The predicted octanol–water partition coefficient (Wildman–Crippen LogP) is 4.28. The molecule has 0 aliphatic heterocycles. The molecule has 1 atom stereocenters. The molecule has 2 nitrogen and oxygen atoms in total. The summed E-state index contributed by atoms with van der Waals surface area (Å²) in [6, 6.07) is 11.0. The molecule has 1 N–H and O–H groups in total. The molecule has 1 aromatic carbocycles. The van der Waals surface area contributed by atoms with Crippen molar-refractivity contribution in [2.24, 2.45) is 0 Å². The van der Waals surface area contributed by atoms with Crippen molar-refractivity contribution in [3.05, 3.63) is 52.8 Å². The Morgan fingerprint density at radius 1 is 1.20 bits per heavy atom. The van der Waals surface area contributed by atoms with E-state index in [9.17, 15) is 5.11 Å². The number of aliphatic hydroxyl groups excluding tert-OH is 1. The van der Waals surface area contributed by atoms with Gasteiger partial charge in [-0.1, -0.05) is 26.0 Å². The average molecular weight is 269 g/mol. The molecule has 2 aromatic rings. The zero-order valence-corrected chi connectivity index (χ0v) is 12.6. The van der Waals surface area contributed by atoms with Crippen LogP contribution in [-0.4, -0.2) is 9.67 Å². The van der Waals surface area contributed by atoms with Crippen LogP contribution in [-0.2, 0) is 6.42 Å². The van der Waals surface area contributed by atoms with Crippen LogP contribution in [0.4, 0.5) is 0 Å². The molecule has 1 aliphatic carbocycles. The number of hydrogen-bond acceptors (Lipinski definition) is 1. The molecule has 1 aromatic heterocycles. The van der Waals surface area contributed by atoms with Gasteiger partial charge < -0.3 is 9.67 Å². The molecule has 1 aliphatic rings. The smallest absolute Gasteiger partial charge is 0.0807 e. The second-order valence-electron chi connectivity index (χ2n) is 6.18. The number of nitrogens with zero attached hydrogens (tertiary/aromatic N) is 1. The van der Waals surface area contributed by atoms with Gasteiger partial charge in [-0.2, -0.15) is 0 Å². The summed E-state index contributed by atoms with van der Waals surface area (Å²) in [6.07, 6.45) is 2.74. The molecule has 0 radical (unpaired) electrons. The van der Waals surface area contributed by atoms with Crippen molar-refractivity contribution < 1.29 is 5.11 Å². The van der Waals surface area contributed by atoms with Crippen molar-refractivity contribution in [1.82, 2.24) is 4.57 Å². The Hall–Kier alpha value is -1.54. The standard InChI is InChI=1S/C18H23NO/c1-12(2)14-7-9-15(10-8-14)19-13(3)11-16-17(19)5-4-6-18(16)20/h7-12,18,20H,4-6H2,1-3H3. The van der Waals surface area contributed by atoms with Crippen molar-refractivity contribution in [3.8, 4) is 5.69 Å². The summed E-state index contributed by atoms with van der Waals surface area (Å²) in [5, 5.41) is 10.1. The maximum atomic E-state index is 10.1.